The molecule has 1 saturated heterocycles. The Morgan fingerprint density at radius 1 is 1.12 bits per heavy atom. The van der Waals surface area contributed by atoms with Crippen molar-refractivity contribution in [3.63, 3.8) is 0 Å². The lowest BCUT2D eigenvalue weighted by atomic mass is 10.3. The number of benzene rings is 1. The van der Waals surface area contributed by atoms with Gasteiger partial charge in [0.15, 0.2) is 0 Å². The molecule has 1 aromatic carbocycles. The predicted octanol–water partition coefficient (Wildman–Crippen LogP) is 0.726. The Hall–Kier alpha value is -2.33. The first kappa shape index (κ1) is 19.0. The second-order valence-electron chi connectivity index (χ2n) is 5.40. The maximum absolute atomic E-state index is 12.8. The van der Waals surface area contributed by atoms with Gasteiger partial charge in [0.05, 0.1) is 24.8 Å². The fourth-order valence-electron chi connectivity index (χ4n) is 2.52. The summed E-state index contributed by atoms with van der Waals surface area (Å²) >= 11 is 0. The first-order valence-electron chi connectivity index (χ1n) is 7.58. The number of hydrogen-bond acceptors (Lipinski definition) is 6. The zero-order chi connectivity index (χ0) is 18.6. The lowest BCUT2D eigenvalue weighted by Gasteiger charge is -2.33. The zero-order valence-electron chi connectivity index (χ0n) is 14.3. The summed E-state index contributed by atoms with van der Waals surface area (Å²) < 4.78 is 36.7. The molecule has 1 heterocycles. The number of hydrogen-bond donors (Lipinski definition) is 1. The lowest BCUT2D eigenvalue weighted by Crippen LogP contribution is -2.50. The molecular formula is C15H21N3O6S. The molecule has 138 valence electrons. The van der Waals surface area contributed by atoms with E-state index in [-0.39, 0.29) is 42.7 Å². The number of nitrogens with zero attached hydrogens (tertiary/aromatic N) is 2. The van der Waals surface area contributed by atoms with Gasteiger partial charge in [-0.15, -0.1) is 0 Å². The Labute approximate surface area is 146 Å². The first-order valence-corrected chi connectivity index (χ1v) is 9.02. The molecule has 0 bridgehead atoms. The predicted molar refractivity (Wildman–Crippen MR) is 90.0 cm³/mol. The molecular weight excluding hydrogens is 350 g/mol. The minimum absolute atomic E-state index is 0.0450. The number of anilines is 1. The van der Waals surface area contributed by atoms with E-state index in [0.29, 0.717) is 5.75 Å². The van der Waals surface area contributed by atoms with E-state index in [1.165, 1.54) is 48.5 Å². The van der Waals surface area contributed by atoms with E-state index in [9.17, 15) is 18.0 Å². The molecule has 1 aromatic rings. The van der Waals surface area contributed by atoms with Crippen LogP contribution in [-0.2, 0) is 19.6 Å². The normalized spacial score (nSPS) is 15.6. The molecule has 0 saturated carbocycles. The van der Waals surface area contributed by atoms with Crippen molar-refractivity contribution < 1.29 is 27.5 Å². The van der Waals surface area contributed by atoms with Crippen molar-refractivity contribution in [2.45, 2.75) is 11.8 Å². The van der Waals surface area contributed by atoms with Gasteiger partial charge in [0, 0.05) is 33.1 Å². The van der Waals surface area contributed by atoms with Crippen LogP contribution in [0, 0.1) is 0 Å². The summed E-state index contributed by atoms with van der Waals surface area (Å²) in [6, 6.07) is 4.28. The molecule has 1 aliphatic rings. The number of piperazine rings is 1. The topological polar surface area (TPSA) is 105 Å². The molecule has 10 heteroatoms. The minimum Gasteiger partial charge on any atom is -0.495 e. The summed E-state index contributed by atoms with van der Waals surface area (Å²) in [5.41, 5.74) is 0.282. The van der Waals surface area contributed by atoms with Crippen LogP contribution in [0.1, 0.15) is 6.92 Å². The quantitative estimate of drug-likeness (QED) is 0.836. The molecule has 0 atom stereocenters. The third-order valence-electron chi connectivity index (χ3n) is 3.79. The van der Waals surface area contributed by atoms with E-state index < -0.39 is 16.1 Å². The van der Waals surface area contributed by atoms with Crippen LogP contribution in [0.2, 0.25) is 0 Å². The Balaban J connectivity index is 2.22. The van der Waals surface area contributed by atoms with E-state index in [0.717, 1.165) is 0 Å². The van der Waals surface area contributed by atoms with Gasteiger partial charge in [-0.2, -0.15) is 4.31 Å². The largest absolute Gasteiger partial charge is 0.495 e. The number of rotatable bonds is 4. The van der Waals surface area contributed by atoms with E-state index >= 15 is 0 Å². The molecule has 1 aliphatic heterocycles. The molecule has 25 heavy (non-hydrogen) atoms. The Bertz CT molecular complexity index is 757. The molecule has 0 radical (unpaired) electrons. The number of sulfonamides is 1. The molecule has 1 fully saturated rings. The molecule has 2 amide bonds. The van der Waals surface area contributed by atoms with Gasteiger partial charge in [0.2, 0.25) is 15.9 Å². The average Bonchev–Trinajstić information content (AvgIpc) is 2.60. The molecule has 2 rings (SSSR count). The maximum atomic E-state index is 12.8. The number of amides is 2. The Kier molecular flexibility index (Phi) is 5.85. The zero-order valence-corrected chi connectivity index (χ0v) is 15.1. The second-order valence-corrected chi connectivity index (χ2v) is 7.34. The lowest BCUT2D eigenvalue weighted by molar-refractivity contribution is -0.114. The van der Waals surface area contributed by atoms with Crippen LogP contribution in [-0.4, -0.2) is 70.0 Å². The van der Waals surface area contributed by atoms with Gasteiger partial charge in [-0.1, -0.05) is 0 Å². The van der Waals surface area contributed by atoms with Crippen molar-refractivity contribution >= 4 is 27.7 Å². The van der Waals surface area contributed by atoms with Crippen molar-refractivity contribution in [1.82, 2.24) is 9.21 Å². The number of carbonyl (C=O) groups is 2. The highest BCUT2D eigenvalue weighted by molar-refractivity contribution is 7.89. The maximum Gasteiger partial charge on any atom is 0.409 e. The van der Waals surface area contributed by atoms with Gasteiger partial charge in [0.25, 0.3) is 0 Å². The monoisotopic (exact) mass is 371 g/mol. The second kappa shape index (κ2) is 7.70. The summed E-state index contributed by atoms with van der Waals surface area (Å²) in [5.74, 6) is 0.0317. The van der Waals surface area contributed by atoms with E-state index in [1.807, 2.05) is 0 Å². The third kappa shape index (κ3) is 4.20. The molecule has 1 N–H and O–H groups in total. The van der Waals surface area contributed by atoms with Crippen LogP contribution in [0.25, 0.3) is 0 Å². The average molecular weight is 371 g/mol. The number of methoxy groups -OCH3 is 2. The summed E-state index contributed by atoms with van der Waals surface area (Å²) in [5, 5.41) is 2.55. The number of carbonyl (C=O) groups excluding carboxylic acids is 2. The van der Waals surface area contributed by atoms with E-state index in [4.69, 9.17) is 4.74 Å². The molecule has 0 aromatic heterocycles. The highest BCUT2D eigenvalue weighted by Crippen LogP contribution is 2.29. The van der Waals surface area contributed by atoms with Crippen molar-refractivity contribution in [2.75, 3.05) is 45.7 Å². The van der Waals surface area contributed by atoms with Gasteiger partial charge in [0.1, 0.15) is 5.75 Å². The number of nitrogens with one attached hydrogen (secondary N) is 1. The van der Waals surface area contributed by atoms with Crippen LogP contribution in [0.3, 0.4) is 0 Å². The fraction of sp³-hybridized carbons (Fsp3) is 0.467. The molecule has 0 unspecified atom stereocenters. The van der Waals surface area contributed by atoms with Crippen molar-refractivity contribution in [3.8, 4) is 5.75 Å². The smallest absolute Gasteiger partial charge is 0.409 e. The van der Waals surface area contributed by atoms with Gasteiger partial charge >= 0.3 is 6.09 Å². The van der Waals surface area contributed by atoms with E-state index in [1.54, 1.807) is 0 Å². The summed E-state index contributed by atoms with van der Waals surface area (Å²) in [7, 11) is -1.04. The van der Waals surface area contributed by atoms with Gasteiger partial charge in [-0.25, -0.2) is 13.2 Å². The van der Waals surface area contributed by atoms with Gasteiger partial charge in [-0.05, 0) is 18.2 Å². The number of ether oxygens (including phenoxy) is 2. The fourth-order valence-corrected chi connectivity index (χ4v) is 3.97. The van der Waals surface area contributed by atoms with Crippen LogP contribution < -0.4 is 10.1 Å². The standard InChI is InChI=1S/C15H21N3O6S/c1-11(19)16-13-10-12(4-5-14(13)23-2)25(21,22)18-8-6-17(7-9-18)15(20)24-3/h4-5,10H,6-9H2,1-3H3,(H,16,19). The van der Waals surface area contributed by atoms with Crippen molar-refractivity contribution in [3.05, 3.63) is 18.2 Å². The first-order chi connectivity index (χ1) is 11.8. The molecule has 0 spiro atoms. The van der Waals surface area contributed by atoms with Crippen LogP contribution in [0.15, 0.2) is 23.1 Å². The summed E-state index contributed by atoms with van der Waals surface area (Å²) in [4.78, 5) is 24.3. The highest BCUT2D eigenvalue weighted by Gasteiger charge is 2.31. The third-order valence-corrected chi connectivity index (χ3v) is 5.69. The van der Waals surface area contributed by atoms with Crippen LogP contribution in [0.5, 0.6) is 5.75 Å². The Morgan fingerprint density at radius 2 is 1.76 bits per heavy atom. The summed E-state index contributed by atoms with van der Waals surface area (Å²) in [6.07, 6.45) is -0.477. The van der Waals surface area contributed by atoms with Crippen LogP contribution in [0.4, 0.5) is 10.5 Å². The highest BCUT2D eigenvalue weighted by atomic mass is 32.2. The van der Waals surface area contributed by atoms with E-state index in [2.05, 4.69) is 10.1 Å². The molecule has 9 nitrogen and oxygen atoms in total. The van der Waals surface area contributed by atoms with Crippen molar-refractivity contribution in [1.29, 1.82) is 0 Å². The van der Waals surface area contributed by atoms with Crippen molar-refractivity contribution in [2.24, 2.45) is 0 Å². The van der Waals surface area contributed by atoms with Gasteiger partial charge < -0.3 is 19.7 Å². The Morgan fingerprint density at radius 3 is 2.28 bits per heavy atom. The minimum atomic E-state index is -3.75. The van der Waals surface area contributed by atoms with Gasteiger partial charge in [-0.3, -0.25) is 4.79 Å². The van der Waals surface area contributed by atoms with Crippen LogP contribution >= 0.6 is 0 Å². The molecule has 0 aliphatic carbocycles. The SMILES string of the molecule is COC(=O)N1CCN(S(=O)(=O)c2ccc(OC)c(NC(C)=O)c2)CC1. The summed E-state index contributed by atoms with van der Waals surface area (Å²) in [6.45, 7) is 2.16.